The molecule has 63 heavy (non-hydrogen) atoms. The number of hydrogen-bond acceptors (Lipinski definition) is 13. The number of furan rings is 1. The second-order valence-corrected chi connectivity index (χ2v) is 16.1. The lowest BCUT2D eigenvalue weighted by Crippen LogP contribution is -2.28. The highest BCUT2D eigenvalue weighted by molar-refractivity contribution is 5.97. The van der Waals surface area contributed by atoms with Crippen molar-refractivity contribution in [1.29, 1.82) is 0 Å². The summed E-state index contributed by atoms with van der Waals surface area (Å²) in [6.45, 7) is 0. The molecule has 0 aliphatic heterocycles. The topological polar surface area (TPSA) is 239 Å². The quantitative estimate of drug-likeness (QED) is 0.0554. The maximum atomic E-state index is 12.1. The summed E-state index contributed by atoms with van der Waals surface area (Å²) in [7, 11) is 0. The van der Waals surface area contributed by atoms with Crippen LogP contribution in [0.5, 0.6) is 46.0 Å². The van der Waals surface area contributed by atoms with Gasteiger partial charge in [0.1, 0.15) is 23.3 Å². The molecule has 0 fully saturated rings. The lowest BCUT2D eigenvalue weighted by atomic mass is 9.77. The summed E-state index contributed by atoms with van der Waals surface area (Å²) in [6, 6.07) is 20.8. The Balaban J connectivity index is 1.11. The number of hydrogen-bond donors (Lipinski definition) is 11. The van der Waals surface area contributed by atoms with Gasteiger partial charge in [-0.1, -0.05) is 85.0 Å². The third kappa shape index (κ3) is 5.88. The first-order valence-electron chi connectivity index (χ1n) is 20.5. The van der Waals surface area contributed by atoms with Gasteiger partial charge in [-0.15, -0.1) is 0 Å². The number of benzene rings is 5. The maximum Gasteiger partial charge on any atom is 0.205 e. The molecular formula is C50H41NO12. The first-order chi connectivity index (χ1) is 30.4. The van der Waals surface area contributed by atoms with Gasteiger partial charge in [0.05, 0.1) is 11.1 Å². The van der Waals surface area contributed by atoms with Crippen LogP contribution in [0.1, 0.15) is 70.1 Å². The zero-order chi connectivity index (χ0) is 44.0. The highest BCUT2D eigenvalue weighted by atomic mass is 16.4. The molecule has 1 aromatic heterocycles. The monoisotopic (exact) mass is 847 g/mol. The van der Waals surface area contributed by atoms with E-state index in [1.807, 2.05) is 54.6 Å². The van der Waals surface area contributed by atoms with Crippen molar-refractivity contribution in [2.45, 2.75) is 50.5 Å². The summed E-state index contributed by atoms with van der Waals surface area (Å²) < 4.78 is 6.23. The number of fused-ring (bicyclic) bond motifs is 6. The fourth-order valence-electron chi connectivity index (χ4n) is 9.58. The number of rotatable bonds is 6. The van der Waals surface area contributed by atoms with Crippen LogP contribution in [-0.4, -0.2) is 62.3 Å². The molecule has 1 heterocycles. The van der Waals surface area contributed by atoms with E-state index in [2.05, 4.69) is 12.2 Å². The molecule has 6 aromatic rings. The van der Waals surface area contributed by atoms with Crippen molar-refractivity contribution in [2.24, 2.45) is 0 Å². The Morgan fingerprint density at radius 2 is 1.25 bits per heavy atom. The first kappa shape index (κ1) is 39.2. The highest BCUT2D eigenvalue weighted by Crippen LogP contribution is 2.60. The Morgan fingerprint density at radius 3 is 1.98 bits per heavy atom. The van der Waals surface area contributed by atoms with Gasteiger partial charge in [-0.05, 0) is 65.6 Å². The summed E-state index contributed by atoms with van der Waals surface area (Å²) in [6.07, 6.45) is 10.4. The summed E-state index contributed by atoms with van der Waals surface area (Å²) in [5.41, 5.74) is 5.24. The van der Waals surface area contributed by atoms with Crippen molar-refractivity contribution < 1.29 is 60.6 Å². The predicted molar refractivity (Wildman–Crippen MR) is 234 cm³/mol. The van der Waals surface area contributed by atoms with Crippen LogP contribution in [0.3, 0.4) is 0 Å². The number of aliphatic hydroxyl groups excluding tert-OH is 3. The van der Waals surface area contributed by atoms with Crippen LogP contribution in [-0.2, 0) is 19.3 Å². The molecular weight excluding hydrogens is 807 g/mol. The van der Waals surface area contributed by atoms with Gasteiger partial charge in [-0.2, -0.15) is 0 Å². The molecule has 0 amide bonds. The molecule has 2 unspecified atom stereocenters. The van der Waals surface area contributed by atoms with E-state index in [-0.39, 0.29) is 28.1 Å². The van der Waals surface area contributed by atoms with E-state index in [1.54, 1.807) is 6.07 Å². The van der Waals surface area contributed by atoms with E-state index < -0.39 is 75.1 Å². The molecule has 0 saturated heterocycles. The van der Waals surface area contributed by atoms with Crippen molar-refractivity contribution in [3.05, 3.63) is 147 Å². The van der Waals surface area contributed by atoms with E-state index in [4.69, 9.17) is 4.42 Å². The van der Waals surface area contributed by atoms with Crippen LogP contribution < -0.4 is 4.90 Å². The predicted octanol–water partition coefficient (Wildman–Crippen LogP) is 9.51. The number of aryl methyl sites for hydroxylation is 3. The molecule has 0 radical (unpaired) electrons. The molecule has 4 aliphatic carbocycles. The van der Waals surface area contributed by atoms with E-state index >= 15 is 0 Å². The minimum absolute atomic E-state index is 0.179. The van der Waals surface area contributed by atoms with Gasteiger partial charge in [0, 0.05) is 52.4 Å². The lowest BCUT2D eigenvalue weighted by Gasteiger charge is -2.34. The maximum absolute atomic E-state index is 12.1. The molecule has 13 nitrogen and oxygen atoms in total. The fourth-order valence-corrected chi connectivity index (χ4v) is 9.58. The highest BCUT2D eigenvalue weighted by Gasteiger charge is 2.42. The average molecular weight is 848 g/mol. The summed E-state index contributed by atoms with van der Waals surface area (Å²) in [5, 5.41) is 123. The zero-order valence-electron chi connectivity index (χ0n) is 33.4. The van der Waals surface area contributed by atoms with Gasteiger partial charge in [-0.3, -0.25) is 0 Å². The van der Waals surface area contributed by atoms with Crippen molar-refractivity contribution in [3.8, 4) is 68.2 Å². The van der Waals surface area contributed by atoms with Crippen molar-refractivity contribution in [2.75, 3.05) is 4.90 Å². The van der Waals surface area contributed by atoms with Crippen LogP contribution in [0.25, 0.3) is 39.7 Å². The van der Waals surface area contributed by atoms with E-state index in [9.17, 15) is 56.2 Å². The third-order valence-electron chi connectivity index (χ3n) is 12.6. The Morgan fingerprint density at radius 1 is 0.571 bits per heavy atom. The first-order valence-corrected chi connectivity index (χ1v) is 20.5. The molecule has 0 spiro atoms. The van der Waals surface area contributed by atoms with Crippen molar-refractivity contribution in [1.82, 2.24) is 0 Å². The molecule has 318 valence electrons. The number of phenols is 8. The van der Waals surface area contributed by atoms with Crippen LogP contribution in [0, 0.1) is 0 Å². The van der Waals surface area contributed by atoms with Crippen molar-refractivity contribution >= 4 is 28.8 Å². The summed E-state index contributed by atoms with van der Waals surface area (Å²) in [5.74, 6) is -8.66. The van der Waals surface area contributed by atoms with Crippen molar-refractivity contribution in [3.63, 3.8) is 0 Å². The zero-order valence-corrected chi connectivity index (χ0v) is 33.4. The Kier molecular flexibility index (Phi) is 9.12. The van der Waals surface area contributed by atoms with Gasteiger partial charge < -0.3 is 65.5 Å². The number of phenolic OH excluding ortho intramolecular Hbond substituents is 8. The summed E-state index contributed by atoms with van der Waals surface area (Å²) >= 11 is 0. The molecule has 11 N–H and O–H groups in total. The van der Waals surface area contributed by atoms with Gasteiger partial charge in [-0.25, -0.2) is 0 Å². The fraction of sp³-hybridized carbons (Fsp3) is 0.160. The van der Waals surface area contributed by atoms with Crippen LogP contribution >= 0.6 is 0 Å². The minimum atomic E-state index is -1.90. The molecule has 4 aliphatic rings. The van der Waals surface area contributed by atoms with Crippen LogP contribution in [0.15, 0.2) is 107 Å². The second kappa shape index (κ2) is 14.6. The number of anilines is 2. The van der Waals surface area contributed by atoms with Gasteiger partial charge >= 0.3 is 0 Å². The standard InChI is InChI=1S/C50H41NO12/c52-40-34(37-38(44(56)48(40)60)45(57)50(62)49(61)43(37)55)24-14-18-27(19-15-24)51(31-12-6-4-10-28(31)23-8-2-1-3-9-23)39-46(58)41(53)35(42(54)47(39)59)26-16-20-29-25(22-26)17-21-33-36(29)30-11-5-7-13-32(30)63-33/h1-3,5,8-12,14-16,18-20,22,34,40,52-62H,4,6-7,13,17,21H2. The average Bonchev–Trinajstić information content (AvgIpc) is 3.70. The van der Waals surface area contributed by atoms with E-state index in [0.29, 0.717) is 42.5 Å². The Labute approximate surface area is 359 Å². The molecule has 13 heteroatoms. The lowest BCUT2D eigenvalue weighted by molar-refractivity contribution is 0.129. The van der Waals surface area contributed by atoms with Gasteiger partial charge in [0.2, 0.25) is 11.5 Å². The second-order valence-electron chi connectivity index (χ2n) is 16.1. The molecule has 0 saturated carbocycles. The SMILES string of the molecule is OC1=C(O)C(O)C(c2ccc(N(C3=CCCC=C3c3ccccc3)c3c(O)c(O)c(-c4ccc5c(c4)CCc4oc6c(c4-5)C=CCC6)c(O)c3O)cc2)c2c(O)c(O)c(O)c(O)c21. The molecule has 0 bridgehead atoms. The summed E-state index contributed by atoms with van der Waals surface area (Å²) in [4.78, 5) is 1.47. The van der Waals surface area contributed by atoms with E-state index in [0.717, 1.165) is 52.2 Å². The Hall–Kier alpha value is -7.90. The molecule has 10 rings (SSSR count). The molecule has 2 atom stereocenters. The number of allylic oxidation sites excluding steroid dienone is 4. The van der Waals surface area contributed by atoms with E-state index in [1.165, 1.54) is 29.2 Å². The van der Waals surface area contributed by atoms with Gasteiger partial charge in [0.15, 0.2) is 46.0 Å². The number of nitrogens with zero attached hydrogens (tertiary/aromatic N) is 1. The van der Waals surface area contributed by atoms with Crippen LogP contribution in [0.4, 0.5) is 11.4 Å². The number of aromatic hydroxyl groups is 8. The number of aliphatic hydroxyl groups is 3. The smallest absolute Gasteiger partial charge is 0.205 e. The minimum Gasteiger partial charge on any atom is -0.506 e. The third-order valence-corrected chi connectivity index (χ3v) is 12.6. The largest absolute Gasteiger partial charge is 0.506 e. The van der Waals surface area contributed by atoms with Crippen LogP contribution in [0.2, 0.25) is 0 Å². The molecule has 5 aromatic carbocycles. The normalized spacial score (nSPS) is 17.6. The Bertz CT molecular complexity index is 3000. The van der Waals surface area contributed by atoms with Gasteiger partial charge in [0.25, 0.3) is 0 Å².